The van der Waals surface area contributed by atoms with Crippen LogP contribution in [0.2, 0.25) is 0 Å². The van der Waals surface area contributed by atoms with E-state index in [1.165, 1.54) is 116 Å². The number of carbonyl (C=O) groups is 3. The summed E-state index contributed by atoms with van der Waals surface area (Å²) in [6, 6.07) is 0. The summed E-state index contributed by atoms with van der Waals surface area (Å²) in [5.41, 5.74) is 0. The molecule has 1 N–H and O–H groups in total. The Morgan fingerprint density at radius 3 is 1.20 bits per heavy atom. The molecule has 1 amide bonds. The monoisotopic (exact) mass is 859 g/mol. The van der Waals surface area contributed by atoms with Gasteiger partial charge in [0.2, 0.25) is 0 Å². The van der Waals surface area contributed by atoms with Crippen LogP contribution in [-0.2, 0) is 23.9 Å². The highest BCUT2D eigenvalue weighted by Crippen LogP contribution is 2.12. The summed E-state index contributed by atoms with van der Waals surface area (Å²) in [6.45, 7) is 5.90. The first-order valence-electron chi connectivity index (χ1n) is 22.6. The Labute approximate surface area is 357 Å². The van der Waals surface area contributed by atoms with Crippen LogP contribution in [0.3, 0.4) is 0 Å². The molecule has 0 aromatic heterocycles. The maximum Gasteiger partial charge on any atom is 0.305 e. The molecule has 8 nitrogen and oxygen atoms in total. The van der Waals surface area contributed by atoms with E-state index in [1.807, 2.05) is 14.1 Å². The second-order valence-corrected chi connectivity index (χ2v) is 16.0. The van der Waals surface area contributed by atoms with Crippen molar-refractivity contribution in [2.45, 2.75) is 201 Å². The van der Waals surface area contributed by atoms with E-state index in [1.54, 1.807) is 4.90 Å². The average molecular weight is 860 g/mol. The standard InChI is InChI=1S/C46H87N2O6.CH4.BrH/c1-5-7-9-11-13-15-17-19-21-23-25-27-29-31-33-35-45(51)53-41-37-47(44(50)43-48(3,4)39-40-49)38-42-54-46(52)36-34-32-30-28-26-24-22-20-18-16-14-12-10-8-6-2;;/h19-22,49H,5-18,23-43H2,1-4H3;1H4;1H/q+1;;/p-1/b21-19-,22-20-;;. The van der Waals surface area contributed by atoms with Crippen molar-refractivity contribution in [3.63, 3.8) is 0 Å². The Bertz CT molecular complexity index is 884. The van der Waals surface area contributed by atoms with Gasteiger partial charge in [-0.05, 0) is 64.2 Å². The van der Waals surface area contributed by atoms with E-state index < -0.39 is 0 Å². The van der Waals surface area contributed by atoms with Crippen LogP contribution in [0, 0.1) is 0 Å². The zero-order chi connectivity index (χ0) is 39.8. The Hall–Kier alpha value is -1.71. The second kappa shape index (κ2) is 44.4. The predicted octanol–water partition coefficient (Wildman–Crippen LogP) is 8.69. The molecule has 0 aliphatic rings. The van der Waals surface area contributed by atoms with Crippen molar-refractivity contribution >= 4 is 17.8 Å². The lowest BCUT2D eigenvalue weighted by molar-refractivity contribution is -0.883. The molecule has 0 aromatic rings. The Kier molecular flexibility index (Phi) is 46.5. The lowest BCUT2D eigenvalue weighted by Gasteiger charge is -2.31. The summed E-state index contributed by atoms with van der Waals surface area (Å²) in [7, 11) is 3.79. The molecule has 0 fully saturated rings. The van der Waals surface area contributed by atoms with Crippen molar-refractivity contribution in [1.29, 1.82) is 0 Å². The highest BCUT2D eigenvalue weighted by molar-refractivity contribution is 5.77. The van der Waals surface area contributed by atoms with Crippen molar-refractivity contribution in [3.8, 4) is 0 Å². The third-order valence-corrected chi connectivity index (χ3v) is 10.2. The van der Waals surface area contributed by atoms with Crippen molar-refractivity contribution in [3.05, 3.63) is 24.3 Å². The minimum absolute atomic E-state index is 0. The largest absolute Gasteiger partial charge is 1.00 e. The van der Waals surface area contributed by atoms with Gasteiger partial charge in [0.05, 0.1) is 33.8 Å². The molecule has 0 atom stereocenters. The third-order valence-electron chi connectivity index (χ3n) is 10.2. The van der Waals surface area contributed by atoms with E-state index in [0.29, 0.717) is 23.9 Å². The minimum Gasteiger partial charge on any atom is -1.00 e. The molecule has 332 valence electrons. The molecule has 9 heteroatoms. The number of aliphatic hydroxyl groups excluding tert-OH is 1. The van der Waals surface area contributed by atoms with Gasteiger partial charge < -0.3 is 40.9 Å². The van der Waals surface area contributed by atoms with Crippen LogP contribution in [-0.4, -0.2) is 92.4 Å². The van der Waals surface area contributed by atoms with Crippen LogP contribution in [0.25, 0.3) is 0 Å². The third kappa shape index (κ3) is 41.9. The van der Waals surface area contributed by atoms with Crippen LogP contribution in [0.15, 0.2) is 24.3 Å². The summed E-state index contributed by atoms with van der Waals surface area (Å²) in [6.07, 6.45) is 41.6. The predicted molar refractivity (Wildman–Crippen MR) is 233 cm³/mol. The first kappa shape index (κ1) is 58.6. The molecule has 0 rings (SSSR count). The van der Waals surface area contributed by atoms with E-state index in [2.05, 4.69) is 38.2 Å². The molecule has 56 heavy (non-hydrogen) atoms. The van der Waals surface area contributed by atoms with Gasteiger partial charge in [-0.3, -0.25) is 14.4 Å². The number of hydrogen-bond acceptors (Lipinski definition) is 6. The molecular formula is C47H91BrN2O6. The quantitative estimate of drug-likeness (QED) is 0.0287. The second-order valence-electron chi connectivity index (χ2n) is 16.0. The number of rotatable bonds is 40. The van der Waals surface area contributed by atoms with Gasteiger partial charge in [-0.2, -0.15) is 0 Å². The van der Waals surface area contributed by atoms with E-state index in [9.17, 15) is 19.5 Å². The Morgan fingerprint density at radius 2 is 0.857 bits per heavy atom. The molecule has 0 heterocycles. The van der Waals surface area contributed by atoms with Crippen LogP contribution in [0.1, 0.15) is 201 Å². The molecule has 0 aliphatic heterocycles. The van der Waals surface area contributed by atoms with Crippen molar-refractivity contribution in [1.82, 2.24) is 4.90 Å². The highest BCUT2D eigenvalue weighted by atomic mass is 79.9. The van der Waals surface area contributed by atoms with E-state index in [0.717, 1.165) is 51.4 Å². The Morgan fingerprint density at radius 1 is 0.536 bits per heavy atom. The molecule has 0 radical (unpaired) electrons. The summed E-state index contributed by atoms with van der Waals surface area (Å²) in [5.74, 6) is -0.583. The van der Waals surface area contributed by atoms with Gasteiger partial charge in [0, 0.05) is 12.8 Å². The molecule has 0 saturated heterocycles. The zero-order valence-corrected chi connectivity index (χ0v) is 37.9. The number of ether oxygens (including phenoxy) is 2. The number of quaternary nitrogens is 1. The summed E-state index contributed by atoms with van der Waals surface area (Å²) in [5, 5.41) is 9.41. The smallest absolute Gasteiger partial charge is 0.305 e. The molecule has 0 bridgehead atoms. The SMILES string of the molecule is C.CCCCCCCC/C=C\CCCCCCCC(=O)OCCN(CCOC(=O)CCCCCCC/C=C\CCCCCCCC)C(=O)C[N+](C)(C)CCO.[Br-]. The normalized spacial score (nSPS) is 11.4. The Balaban J connectivity index is -0.0000140. The first-order chi connectivity index (χ1) is 26.3. The van der Waals surface area contributed by atoms with Crippen molar-refractivity contribution < 1.29 is 50.4 Å². The number of halogens is 1. The lowest BCUT2D eigenvalue weighted by Crippen LogP contribution is -3.00. The molecule has 0 aromatic carbocycles. The number of hydrogen-bond donors (Lipinski definition) is 1. The summed E-state index contributed by atoms with van der Waals surface area (Å²) in [4.78, 5) is 39.6. The number of likely N-dealkylation sites (N-methyl/N-ethyl adjacent to an activating group) is 1. The first-order valence-corrected chi connectivity index (χ1v) is 22.6. The number of allylic oxidation sites excluding steroid dienone is 4. The van der Waals surface area contributed by atoms with E-state index in [4.69, 9.17) is 9.47 Å². The van der Waals surface area contributed by atoms with E-state index in [-0.39, 0.29) is 81.7 Å². The van der Waals surface area contributed by atoms with Gasteiger partial charge in [-0.1, -0.05) is 148 Å². The molecule has 0 spiro atoms. The zero-order valence-electron chi connectivity index (χ0n) is 36.3. The summed E-state index contributed by atoms with van der Waals surface area (Å²) < 4.78 is 11.3. The average Bonchev–Trinajstić information content (AvgIpc) is 3.13. The molecular weight excluding hydrogens is 768 g/mol. The van der Waals surface area contributed by atoms with Gasteiger partial charge in [0.1, 0.15) is 19.8 Å². The van der Waals surface area contributed by atoms with Crippen LogP contribution >= 0.6 is 0 Å². The number of unbranched alkanes of at least 4 members (excludes halogenated alkanes) is 22. The van der Waals surface area contributed by atoms with E-state index >= 15 is 0 Å². The van der Waals surface area contributed by atoms with Crippen LogP contribution < -0.4 is 17.0 Å². The van der Waals surface area contributed by atoms with Crippen molar-refractivity contribution in [2.75, 3.05) is 60.1 Å². The number of nitrogens with zero attached hydrogens (tertiary/aromatic N) is 2. The van der Waals surface area contributed by atoms with Gasteiger partial charge in [-0.25, -0.2) is 0 Å². The van der Waals surface area contributed by atoms with Gasteiger partial charge in [0.25, 0.3) is 5.91 Å². The fraction of sp³-hybridized carbons (Fsp3) is 0.851. The molecule has 0 unspecified atom stereocenters. The maximum absolute atomic E-state index is 13.2. The van der Waals surface area contributed by atoms with Gasteiger partial charge >= 0.3 is 11.9 Å². The van der Waals surface area contributed by atoms with Gasteiger partial charge in [-0.15, -0.1) is 0 Å². The number of amides is 1. The maximum atomic E-state index is 13.2. The fourth-order valence-corrected chi connectivity index (χ4v) is 6.54. The van der Waals surface area contributed by atoms with Gasteiger partial charge in [0.15, 0.2) is 6.54 Å². The fourth-order valence-electron chi connectivity index (χ4n) is 6.54. The lowest BCUT2D eigenvalue weighted by atomic mass is 10.1. The topological polar surface area (TPSA) is 93.1 Å². The number of carbonyl (C=O) groups excluding carboxylic acids is 3. The number of aliphatic hydroxyl groups is 1. The van der Waals surface area contributed by atoms with Crippen LogP contribution in [0.4, 0.5) is 0 Å². The highest BCUT2D eigenvalue weighted by Gasteiger charge is 2.24. The van der Waals surface area contributed by atoms with Crippen molar-refractivity contribution in [2.24, 2.45) is 0 Å². The minimum atomic E-state index is -0.234. The molecule has 0 saturated carbocycles. The van der Waals surface area contributed by atoms with Crippen LogP contribution in [0.5, 0.6) is 0 Å². The number of esters is 2. The molecule has 0 aliphatic carbocycles. The summed E-state index contributed by atoms with van der Waals surface area (Å²) >= 11 is 0.